The van der Waals surface area contributed by atoms with Crippen LogP contribution in [0, 0.1) is 5.41 Å². The Hall–Kier alpha value is -0.730. The second-order valence-electron chi connectivity index (χ2n) is 7.44. The molecule has 0 radical (unpaired) electrons. The Balaban J connectivity index is 2.20. The molecule has 0 saturated heterocycles. The number of para-hydroxylation sites is 1. The number of nitrogens with zero attached hydrogens (tertiary/aromatic N) is 1. The summed E-state index contributed by atoms with van der Waals surface area (Å²) in [4.78, 5) is 2.40. The molecule has 1 aromatic carbocycles. The zero-order valence-electron chi connectivity index (χ0n) is 13.8. The molecule has 0 aliphatic heterocycles. The first-order valence-electron chi connectivity index (χ1n) is 8.06. The molecule has 0 amide bonds. The summed E-state index contributed by atoms with van der Waals surface area (Å²) in [6, 6.07) is 6.92. The average molecular weight is 309 g/mol. The normalized spacial score (nSPS) is 20.3. The third-order valence-corrected chi connectivity index (χ3v) is 5.13. The number of rotatable bonds is 4. The van der Waals surface area contributed by atoms with Gasteiger partial charge in [-0.3, -0.25) is 0 Å². The lowest BCUT2D eigenvalue weighted by molar-refractivity contribution is 0.222. The van der Waals surface area contributed by atoms with Gasteiger partial charge in [0.1, 0.15) is 0 Å². The van der Waals surface area contributed by atoms with E-state index in [1.54, 1.807) is 0 Å². The van der Waals surface area contributed by atoms with Crippen LogP contribution in [-0.2, 0) is 6.42 Å². The zero-order valence-corrected chi connectivity index (χ0v) is 14.6. The van der Waals surface area contributed by atoms with Crippen molar-refractivity contribution in [2.75, 3.05) is 11.9 Å². The van der Waals surface area contributed by atoms with Gasteiger partial charge in [0.15, 0.2) is 0 Å². The van der Waals surface area contributed by atoms with E-state index in [1.807, 2.05) is 19.1 Å². The van der Waals surface area contributed by atoms with Gasteiger partial charge >= 0.3 is 0 Å². The van der Waals surface area contributed by atoms with Crippen LogP contribution in [0.4, 0.5) is 5.69 Å². The summed E-state index contributed by atoms with van der Waals surface area (Å²) in [6.45, 7) is 6.80. The van der Waals surface area contributed by atoms with Crippen LogP contribution in [0.3, 0.4) is 0 Å². The highest BCUT2D eigenvalue weighted by Crippen LogP contribution is 2.40. The van der Waals surface area contributed by atoms with Crippen molar-refractivity contribution in [1.29, 1.82) is 0 Å². The van der Waals surface area contributed by atoms with E-state index in [1.165, 1.54) is 36.9 Å². The molecule has 2 rings (SSSR count). The Bertz CT molecular complexity index is 472. The van der Waals surface area contributed by atoms with Crippen LogP contribution in [0.25, 0.3) is 0 Å². The van der Waals surface area contributed by atoms with Crippen molar-refractivity contribution in [3.63, 3.8) is 0 Å². The van der Waals surface area contributed by atoms with Gasteiger partial charge in [0.05, 0.1) is 10.7 Å². The molecule has 1 aromatic rings. The van der Waals surface area contributed by atoms with Crippen molar-refractivity contribution in [3.05, 3.63) is 28.8 Å². The molecule has 1 fully saturated rings. The molecule has 1 saturated carbocycles. The molecule has 2 N–H and O–H groups in total. The number of hydrogen-bond acceptors (Lipinski definition) is 2. The summed E-state index contributed by atoms with van der Waals surface area (Å²) in [6.07, 6.45) is 5.93. The van der Waals surface area contributed by atoms with Gasteiger partial charge in [0, 0.05) is 19.1 Å². The minimum Gasteiger partial charge on any atom is -0.370 e. The summed E-state index contributed by atoms with van der Waals surface area (Å²) < 4.78 is 0. The van der Waals surface area contributed by atoms with E-state index in [-0.39, 0.29) is 6.04 Å². The number of halogens is 1. The minimum absolute atomic E-state index is 0.154. The van der Waals surface area contributed by atoms with Crippen LogP contribution in [-0.4, -0.2) is 19.1 Å². The Kier molecular flexibility index (Phi) is 5.21. The van der Waals surface area contributed by atoms with Gasteiger partial charge in [-0.05, 0) is 56.1 Å². The predicted octanol–water partition coefficient (Wildman–Crippen LogP) is 4.63. The van der Waals surface area contributed by atoms with Gasteiger partial charge in [-0.2, -0.15) is 0 Å². The number of benzene rings is 1. The zero-order chi connectivity index (χ0) is 15.6. The first-order valence-corrected chi connectivity index (χ1v) is 8.44. The lowest BCUT2D eigenvalue weighted by Gasteiger charge is -2.40. The SMILES string of the molecule is CC(N)Cc1cccc(Cl)c1N(C)C1CCC(C)(C)CC1. The lowest BCUT2D eigenvalue weighted by Crippen LogP contribution is -2.38. The molecule has 21 heavy (non-hydrogen) atoms. The number of anilines is 1. The van der Waals surface area contributed by atoms with E-state index in [4.69, 9.17) is 17.3 Å². The first kappa shape index (κ1) is 16.6. The molecule has 3 heteroatoms. The summed E-state index contributed by atoms with van der Waals surface area (Å²) in [7, 11) is 2.19. The molecule has 1 atom stereocenters. The van der Waals surface area contributed by atoms with E-state index >= 15 is 0 Å². The van der Waals surface area contributed by atoms with Gasteiger partial charge in [-0.15, -0.1) is 0 Å². The molecule has 118 valence electrons. The standard InChI is InChI=1S/C18H29ClN2/c1-13(20)12-14-6-5-7-16(19)17(14)21(4)15-8-10-18(2,3)11-9-15/h5-7,13,15H,8-12,20H2,1-4H3. The first-order chi connectivity index (χ1) is 9.80. The van der Waals surface area contributed by atoms with Gasteiger partial charge in [0.25, 0.3) is 0 Å². The smallest absolute Gasteiger partial charge is 0.0642 e. The van der Waals surface area contributed by atoms with Crippen molar-refractivity contribution in [2.45, 2.75) is 65.0 Å². The van der Waals surface area contributed by atoms with Crippen LogP contribution < -0.4 is 10.6 Å². The molecule has 0 aromatic heterocycles. The van der Waals surface area contributed by atoms with Gasteiger partial charge in [-0.1, -0.05) is 37.6 Å². The maximum absolute atomic E-state index is 6.50. The maximum Gasteiger partial charge on any atom is 0.0642 e. The molecule has 0 heterocycles. The Labute approximate surface area is 134 Å². The van der Waals surface area contributed by atoms with Crippen LogP contribution in [0.2, 0.25) is 5.02 Å². The van der Waals surface area contributed by atoms with Crippen molar-refractivity contribution >= 4 is 17.3 Å². The highest BCUT2D eigenvalue weighted by atomic mass is 35.5. The fourth-order valence-corrected chi connectivity index (χ4v) is 3.75. The van der Waals surface area contributed by atoms with Crippen molar-refractivity contribution in [3.8, 4) is 0 Å². The van der Waals surface area contributed by atoms with Crippen LogP contribution in [0.15, 0.2) is 18.2 Å². The Morgan fingerprint density at radius 1 is 1.33 bits per heavy atom. The molecule has 1 aliphatic carbocycles. The average Bonchev–Trinajstić information content (AvgIpc) is 2.37. The largest absolute Gasteiger partial charge is 0.370 e. The molecule has 1 aliphatic rings. The predicted molar refractivity (Wildman–Crippen MR) is 93.2 cm³/mol. The second kappa shape index (κ2) is 6.58. The molecular weight excluding hydrogens is 280 g/mol. The summed E-state index contributed by atoms with van der Waals surface area (Å²) in [5, 5.41) is 0.848. The number of hydrogen-bond donors (Lipinski definition) is 1. The Morgan fingerprint density at radius 2 is 1.95 bits per heavy atom. The minimum atomic E-state index is 0.154. The van der Waals surface area contributed by atoms with Crippen LogP contribution in [0.5, 0.6) is 0 Å². The second-order valence-corrected chi connectivity index (χ2v) is 7.84. The quantitative estimate of drug-likeness (QED) is 0.878. The van der Waals surface area contributed by atoms with Crippen molar-refractivity contribution < 1.29 is 0 Å². The summed E-state index contributed by atoms with van der Waals surface area (Å²) >= 11 is 6.50. The highest BCUT2D eigenvalue weighted by Gasteiger charge is 2.30. The molecule has 1 unspecified atom stereocenters. The maximum atomic E-state index is 6.50. The third-order valence-electron chi connectivity index (χ3n) is 4.82. The lowest BCUT2D eigenvalue weighted by atomic mass is 9.75. The van der Waals surface area contributed by atoms with Crippen molar-refractivity contribution in [1.82, 2.24) is 0 Å². The fraction of sp³-hybridized carbons (Fsp3) is 0.667. The van der Waals surface area contributed by atoms with E-state index in [2.05, 4.69) is 31.9 Å². The van der Waals surface area contributed by atoms with Gasteiger partial charge < -0.3 is 10.6 Å². The van der Waals surface area contributed by atoms with E-state index in [0.717, 1.165) is 11.4 Å². The molecule has 2 nitrogen and oxygen atoms in total. The third kappa shape index (κ3) is 4.14. The molecule has 0 bridgehead atoms. The van der Waals surface area contributed by atoms with Gasteiger partial charge in [-0.25, -0.2) is 0 Å². The van der Waals surface area contributed by atoms with Crippen LogP contribution in [0.1, 0.15) is 52.0 Å². The Morgan fingerprint density at radius 3 is 2.52 bits per heavy atom. The van der Waals surface area contributed by atoms with E-state index in [0.29, 0.717) is 11.5 Å². The van der Waals surface area contributed by atoms with E-state index < -0.39 is 0 Å². The fourth-order valence-electron chi connectivity index (χ4n) is 3.42. The van der Waals surface area contributed by atoms with Crippen LogP contribution >= 0.6 is 11.6 Å². The van der Waals surface area contributed by atoms with Crippen molar-refractivity contribution in [2.24, 2.45) is 11.1 Å². The summed E-state index contributed by atoms with van der Waals surface area (Å²) in [5.41, 5.74) is 8.94. The van der Waals surface area contributed by atoms with E-state index in [9.17, 15) is 0 Å². The summed E-state index contributed by atoms with van der Waals surface area (Å²) in [5.74, 6) is 0. The molecule has 0 spiro atoms. The highest BCUT2D eigenvalue weighted by molar-refractivity contribution is 6.33. The van der Waals surface area contributed by atoms with Gasteiger partial charge in [0.2, 0.25) is 0 Å². The number of nitrogens with two attached hydrogens (primary N) is 1. The monoisotopic (exact) mass is 308 g/mol. The molecular formula is C18H29ClN2. The topological polar surface area (TPSA) is 29.3 Å².